The first-order chi connectivity index (χ1) is 13.8. The molecule has 1 amide bonds. The first kappa shape index (κ1) is 20.1. The second-order valence-corrected chi connectivity index (χ2v) is 10.7. The minimum atomic E-state index is -3.14. The van der Waals surface area contributed by atoms with Crippen LogP contribution in [-0.2, 0) is 16.4 Å². The van der Waals surface area contributed by atoms with Gasteiger partial charge in [-0.2, -0.15) is 0 Å². The van der Waals surface area contributed by atoms with Gasteiger partial charge in [-0.25, -0.2) is 13.4 Å². The van der Waals surface area contributed by atoms with Crippen molar-refractivity contribution in [3.8, 4) is 10.6 Å². The quantitative estimate of drug-likeness (QED) is 0.582. The van der Waals surface area contributed by atoms with Gasteiger partial charge in [0.15, 0.2) is 9.84 Å². The zero-order valence-corrected chi connectivity index (χ0v) is 18.1. The molecule has 152 valence electrons. The smallest absolute Gasteiger partial charge is 0.266 e. The fourth-order valence-corrected chi connectivity index (χ4v) is 6.37. The fourth-order valence-electron chi connectivity index (χ4n) is 3.43. The number of aryl methyl sites for hydroxylation is 1. The number of thiazole rings is 1. The number of carbonyl (C=O) groups is 1. The highest BCUT2D eigenvalue weighted by Gasteiger charge is 2.36. The zero-order valence-electron chi connectivity index (χ0n) is 15.7. The number of nitrogens with zero attached hydrogens (tertiary/aromatic N) is 2. The highest BCUT2D eigenvalue weighted by molar-refractivity contribution is 7.91. The van der Waals surface area contributed by atoms with Crippen molar-refractivity contribution in [3.05, 3.63) is 64.0 Å². The summed E-state index contributed by atoms with van der Waals surface area (Å²) < 4.78 is 29.4. The molecule has 2 aromatic heterocycles. The number of benzene rings is 1. The van der Waals surface area contributed by atoms with E-state index in [-0.39, 0.29) is 30.0 Å². The van der Waals surface area contributed by atoms with Gasteiger partial charge in [0.1, 0.15) is 15.6 Å². The van der Waals surface area contributed by atoms with Crippen LogP contribution in [0.1, 0.15) is 27.5 Å². The molecule has 1 unspecified atom stereocenters. The van der Waals surface area contributed by atoms with Crippen LogP contribution in [0.4, 0.5) is 0 Å². The van der Waals surface area contributed by atoms with E-state index in [1.165, 1.54) is 11.3 Å². The van der Waals surface area contributed by atoms with E-state index in [0.717, 1.165) is 5.56 Å². The molecule has 3 heterocycles. The lowest BCUT2D eigenvalue weighted by atomic mass is 10.2. The molecule has 4 rings (SSSR count). The number of amides is 1. The van der Waals surface area contributed by atoms with Gasteiger partial charge in [0.05, 0.1) is 30.0 Å². The molecule has 29 heavy (non-hydrogen) atoms. The summed E-state index contributed by atoms with van der Waals surface area (Å²) in [7, 11) is -3.14. The first-order valence-electron chi connectivity index (χ1n) is 9.09. The van der Waals surface area contributed by atoms with Crippen LogP contribution in [0.5, 0.6) is 0 Å². The van der Waals surface area contributed by atoms with Crippen molar-refractivity contribution < 1.29 is 17.6 Å². The van der Waals surface area contributed by atoms with Crippen molar-refractivity contribution >= 4 is 38.7 Å². The van der Waals surface area contributed by atoms with Gasteiger partial charge in [0.25, 0.3) is 5.91 Å². The second kappa shape index (κ2) is 7.93. The predicted octanol–water partition coefficient (Wildman–Crippen LogP) is 4.19. The number of halogens is 1. The fraction of sp³-hybridized carbons (Fsp3) is 0.300. The number of furan rings is 1. The average molecular weight is 451 g/mol. The molecule has 1 fully saturated rings. The van der Waals surface area contributed by atoms with Crippen molar-refractivity contribution in [1.82, 2.24) is 9.88 Å². The number of sulfone groups is 1. The van der Waals surface area contributed by atoms with E-state index in [9.17, 15) is 13.2 Å². The lowest BCUT2D eigenvalue weighted by Crippen LogP contribution is -2.40. The molecule has 6 nitrogen and oxygen atoms in total. The van der Waals surface area contributed by atoms with Crippen LogP contribution < -0.4 is 0 Å². The minimum absolute atomic E-state index is 0.0293. The molecule has 1 aromatic carbocycles. The third-order valence-electron chi connectivity index (χ3n) is 4.88. The van der Waals surface area contributed by atoms with Crippen molar-refractivity contribution in [3.63, 3.8) is 0 Å². The van der Waals surface area contributed by atoms with Crippen LogP contribution in [0.15, 0.2) is 47.1 Å². The van der Waals surface area contributed by atoms with E-state index in [2.05, 4.69) is 4.98 Å². The third kappa shape index (κ3) is 4.39. The van der Waals surface area contributed by atoms with E-state index in [1.807, 2.05) is 12.1 Å². The summed E-state index contributed by atoms with van der Waals surface area (Å²) in [5.74, 6) is 0.444. The molecule has 0 N–H and O–H groups in total. The maximum Gasteiger partial charge on any atom is 0.266 e. The molecular formula is C20H19ClN2O4S2. The standard InChI is InChI=1S/C20H19ClN2O4S2/c1-13-18(28-19(22-13)14-4-2-5-15(21)10-14)20(24)23(11-17-6-3-8-27-17)16-7-9-29(25,26)12-16/h2-6,8,10,16H,7,9,11-12H2,1H3. The van der Waals surface area contributed by atoms with Gasteiger partial charge in [-0.1, -0.05) is 23.7 Å². The molecule has 0 bridgehead atoms. The maximum absolute atomic E-state index is 13.4. The van der Waals surface area contributed by atoms with Gasteiger partial charge < -0.3 is 9.32 Å². The van der Waals surface area contributed by atoms with Crippen LogP contribution >= 0.6 is 22.9 Å². The van der Waals surface area contributed by atoms with Crippen molar-refractivity contribution in [2.45, 2.75) is 25.9 Å². The topological polar surface area (TPSA) is 80.5 Å². The summed E-state index contributed by atoms with van der Waals surface area (Å²) in [4.78, 5) is 20.1. The highest BCUT2D eigenvalue weighted by atomic mass is 35.5. The van der Waals surface area contributed by atoms with Crippen LogP contribution in [0.3, 0.4) is 0 Å². The van der Waals surface area contributed by atoms with Crippen LogP contribution in [-0.4, -0.2) is 41.8 Å². The van der Waals surface area contributed by atoms with Crippen molar-refractivity contribution in [1.29, 1.82) is 0 Å². The van der Waals surface area contributed by atoms with Crippen LogP contribution in [0.2, 0.25) is 5.02 Å². The average Bonchev–Trinajstić information content (AvgIpc) is 3.39. The molecule has 0 aliphatic carbocycles. The number of carbonyl (C=O) groups excluding carboxylic acids is 1. The highest BCUT2D eigenvalue weighted by Crippen LogP contribution is 2.32. The van der Waals surface area contributed by atoms with Gasteiger partial charge in [0, 0.05) is 16.6 Å². The summed E-state index contributed by atoms with van der Waals surface area (Å²) in [6, 6.07) is 10.5. The zero-order chi connectivity index (χ0) is 20.6. The molecular weight excluding hydrogens is 432 g/mol. The monoisotopic (exact) mass is 450 g/mol. The van der Waals surface area contributed by atoms with Gasteiger partial charge in [0.2, 0.25) is 0 Å². The Kier molecular flexibility index (Phi) is 5.50. The molecule has 0 saturated carbocycles. The van der Waals surface area contributed by atoms with E-state index >= 15 is 0 Å². The summed E-state index contributed by atoms with van der Waals surface area (Å²) in [5.41, 5.74) is 1.45. The number of rotatable bonds is 5. The first-order valence-corrected chi connectivity index (χ1v) is 12.1. The van der Waals surface area contributed by atoms with Gasteiger partial charge >= 0.3 is 0 Å². The lowest BCUT2D eigenvalue weighted by molar-refractivity contribution is 0.0670. The molecule has 1 aliphatic rings. The van der Waals surface area contributed by atoms with E-state index < -0.39 is 9.84 Å². The SMILES string of the molecule is Cc1nc(-c2cccc(Cl)c2)sc1C(=O)N(Cc1ccco1)C1CCS(=O)(=O)C1. The van der Waals surface area contributed by atoms with E-state index in [1.54, 1.807) is 42.4 Å². The van der Waals surface area contributed by atoms with E-state index in [0.29, 0.717) is 32.8 Å². The number of hydrogen-bond donors (Lipinski definition) is 0. The Hall–Kier alpha value is -2.16. The summed E-state index contributed by atoms with van der Waals surface area (Å²) >= 11 is 7.37. The Morgan fingerprint density at radius 2 is 2.17 bits per heavy atom. The predicted molar refractivity (Wildman–Crippen MR) is 113 cm³/mol. The third-order valence-corrected chi connectivity index (χ3v) is 8.06. The molecule has 1 aliphatic heterocycles. The summed E-state index contributed by atoms with van der Waals surface area (Å²) in [6.45, 7) is 2.00. The van der Waals surface area contributed by atoms with E-state index in [4.69, 9.17) is 16.0 Å². The normalized spacial score (nSPS) is 18.1. The minimum Gasteiger partial charge on any atom is -0.467 e. The van der Waals surface area contributed by atoms with Crippen molar-refractivity contribution in [2.24, 2.45) is 0 Å². The largest absolute Gasteiger partial charge is 0.467 e. The molecule has 1 atom stereocenters. The molecule has 3 aromatic rings. The summed E-state index contributed by atoms with van der Waals surface area (Å²) in [6.07, 6.45) is 1.96. The van der Waals surface area contributed by atoms with Gasteiger partial charge in [-0.3, -0.25) is 4.79 Å². The molecule has 1 saturated heterocycles. The maximum atomic E-state index is 13.4. The van der Waals surface area contributed by atoms with Crippen LogP contribution in [0, 0.1) is 6.92 Å². The Balaban J connectivity index is 1.67. The van der Waals surface area contributed by atoms with Gasteiger partial charge in [-0.05, 0) is 37.6 Å². The van der Waals surface area contributed by atoms with Crippen LogP contribution in [0.25, 0.3) is 10.6 Å². The lowest BCUT2D eigenvalue weighted by Gasteiger charge is -2.27. The second-order valence-electron chi connectivity index (χ2n) is 7.01. The Labute approximate surface area is 178 Å². The molecule has 0 radical (unpaired) electrons. The van der Waals surface area contributed by atoms with Crippen molar-refractivity contribution in [2.75, 3.05) is 11.5 Å². The molecule has 9 heteroatoms. The van der Waals surface area contributed by atoms with Gasteiger partial charge in [-0.15, -0.1) is 11.3 Å². The Morgan fingerprint density at radius 1 is 1.34 bits per heavy atom. The number of hydrogen-bond acceptors (Lipinski definition) is 6. The summed E-state index contributed by atoms with van der Waals surface area (Å²) in [5, 5.41) is 1.30. The molecule has 0 spiro atoms. The Bertz CT molecular complexity index is 1140. The number of aromatic nitrogens is 1. The Morgan fingerprint density at radius 3 is 2.83 bits per heavy atom.